The molecule has 2 fully saturated rings. The summed E-state index contributed by atoms with van der Waals surface area (Å²) in [5.74, 6) is 0.286. The van der Waals surface area contributed by atoms with E-state index in [4.69, 9.17) is 4.74 Å². The third-order valence-corrected chi connectivity index (χ3v) is 3.60. The first kappa shape index (κ1) is 11.9. The van der Waals surface area contributed by atoms with Gasteiger partial charge in [0.15, 0.2) is 0 Å². The number of carbonyl (C=O) groups is 1. The van der Waals surface area contributed by atoms with Gasteiger partial charge in [0.25, 0.3) is 0 Å². The number of nitrogens with zero attached hydrogens (tertiary/aromatic N) is 1. The summed E-state index contributed by atoms with van der Waals surface area (Å²) in [6.45, 7) is 10.0. The first-order valence-corrected chi connectivity index (χ1v) is 6.07. The van der Waals surface area contributed by atoms with Crippen LogP contribution >= 0.6 is 0 Å². The predicted octanol–water partition coefficient (Wildman–Crippen LogP) is 0.623. The van der Waals surface area contributed by atoms with Crippen LogP contribution in [0.5, 0.6) is 0 Å². The molecule has 0 saturated carbocycles. The van der Waals surface area contributed by atoms with Crippen molar-refractivity contribution in [3.8, 4) is 0 Å². The number of nitrogens with one attached hydrogen (secondary N) is 1. The third-order valence-electron chi connectivity index (χ3n) is 3.60. The third kappa shape index (κ3) is 2.23. The highest BCUT2D eigenvalue weighted by Crippen LogP contribution is 2.29. The molecule has 1 N–H and O–H groups in total. The average molecular weight is 226 g/mol. The van der Waals surface area contributed by atoms with Crippen LogP contribution in [-0.4, -0.2) is 49.2 Å². The zero-order valence-corrected chi connectivity index (χ0v) is 10.5. The molecule has 2 heterocycles. The number of morpholine rings is 1. The fraction of sp³-hybridized carbons (Fsp3) is 0.917. The Morgan fingerprint density at radius 3 is 2.69 bits per heavy atom. The second kappa shape index (κ2) is 4.00. The van der Waals surface area contributed by atoms with E-state index in [2.05, 4.69) is 12.2 Å². The number of hydrogen-bond donors (Lipinski definition) is 1. The second-order valence-electron chi connectivity index (χ2n) is 5.82. The summed E-state index contributed by atoms with van der Waals surface area (Å²) in [6, 6.07) is 0. The van der Waals surface area contributed by atoms with Crippen molar-refractivity contribution >= 4 is 5.91 Å². The molecule has 0 radical (unpaired) electrons. The molecule has 0 aromatic heterocycles. The van der Waals surface area contributed by atoms with Gasteiger partial charge >= 0.3 is 0 Å². The molecule has 1 atom stereocenters. The topological polar surface area (TPSA) is 41.6 Å². The van der Waals surface area contributed by atoms with E-state index in [1.54, 1.807) is 0 Å². The van der Waals surface area contributed by atoms with Crippen molar-refractivity contribution in [1.29, 1.82) is 0 Å². The minimum atomic E-state index is -0.201. The lowest BCUT2D eigenvalue weighted by atomic mass is 9.87. The number of hydrogen-bond acceptors (Lipinski definition) is 3. The van der Waals surface area contributed by atoms with Crippen molar-refractivity contribution in [2.45, 2.75) is 32.8 Å². The molecule has 0 aromatic rings. The Morgan fingerprint density at radius 1 is 1.38 bits per heavy atom. The summed E-state index contributed by atoms with van der Waals surface area (Å²) in [6.07, 6.45) is 0.948. The van der Waals surface area contributed by atoms with Gasteiger partial charge < -0.3 is 15.0 Å². The number of amides is 1. The SMILES string of the molecule is CC1(C)CN(C(=O)C2(C)CCNC2)CCO1. The Kier molecular flexibility index (Phi) is 2.97. The molecule has 2 aliphatic rings. The number of carbonyl (C=O) groups excluding carboxylic acids is 1. The van der Waals surface area contributed by atoms with Crippen LogP contribution in [0.1, 0.15) is 27.2 Å². The standard InChI is InChI=1S/C12H22N2O2/c1-11(2)9-14(6-7-16-11)10(15)12(3)4-5-13-8-12/h13H,4-9H2,1-3H3. The van der Waals surface area contributed by atoms with Crippen LogP contribution in [0.3, 0.4) is 0 Å². The van der Waals surface area contributed by atoms with Gasteiger partial charge in [-0.05, 0) is 33.7 Å². The Labute approximate surface area is 97.3 Å². The summed E-state index contributed by atoms with van der Waals surface area (Å²) in [5, 5.41) is 3.27. The maximum absolute atomic E-state index is 12.4. The highest BCUT2D eigenvalue weighted by Gasteiger charge is 2.41. The Morgan fingerprint density at radius 2 is 2.12 bits per heavy atom. The maximum atomic E-state index is 12.4. The zero-order valence-electron chi connectivity index (χ0n) is 10.5. The van der Waals surface area contributed by atoms with E-state index < -0.39 is 0 Å². The van der Waals surface area contributed by atoms with Crippen molar-refractivity contribution in [2.75, 3.05) is 32.8 Å². The molecule has 4 heteroatoms. The van der Waals surface area contributed by atoms with Crippen molar-refractivity contribution in [3.05, 3.63) is 0 Å². The van der Waals surface area contributed by atoms with Gasteiger partial charge in [-0.25, -0.2) is 0 Å². The first-order valence-electron chi connectivity index (χ1n) is 6.07. The zero-order chi connectivity index (χ0) is 11.8. The van der Waals surface area contributed by atoms with Gasteiger partial charge in [-0.2, -0.15) is 0 Å². The monoisotopic (exact) mass is 226 g/mol. The fourth-order valence-corrected chi connectivity index (χ4v) is 2.57. The predicted molar refractivity (Wildman–Crippen MR) is 62.2 cm³/mol. The molecule has 0 aromatic carbocycles. The number of ether oxygens (including phenoxy) is 1. The van der Waals surface area contributed by atoms with Crippen LogP contribution in [0, 0.1) is 5.41 Å². The summed E-state index contributed by atoms with van der Waals surface area (Å²) in [4.78, 5) is 14.4. The first-order chi connectivity index (χ1) is 7.43. The van der Waals surface area contributed by atoms with E-state index in [1.165, 1.54) is 0 Å². The Balaban J connectivity index is 2.04. The van der Waals surface area contributed by atoms with Gasteiger partial charge in [-0.15, -0.1) is 0 Å². The van der Waals surface area contributed by atoms with Gasteiger partial charge in [0.05, 0.1) is 17.6 Å². The van der Waals surface area contributed by atoms with Gasteiger partial charge in [0, 0.05) is 19.6 Å². The molecule has 0 bridgehead atoms. The molecule has 1 amide bonds. The lowest BCUT2D eigenvalue weighted by Crippen LogP contribution is -2.54. The Bertz CT molecular complexity index is 283. The molecule has 2 aliphatic heterocycles. The smallest absolute Gasteiger partial charge is 0.230 e. The lowest BCUT2D eigenvalue weighted by Gasteiger charge is -2.41. The van der Waals surface area contributed by atoms with Gasteiger partial charge in [0.1, 0.15) is 0 Å². The lowest BCUT2D eigenvalue weighted by molar-refractivity contribution is -0.154. The molecule has 0 aliphatic carbocycles. The number of rotatable bonds is 1. The Hall–Kier alpha value is -0.610. The summed E-state index contributed by atoms with van der Waals surface area (Å²) < 4.78 is 5.63. The van der Waals surface area contributed by atoms with Crippen molar-refractivity contribution in [3.63, 3.8) is 0 Å². The van der Waals surface area contributed by atoms with Crippen LogP contribution < -0.4 is 5.32 Å². The van der Waals surface area contributed by atoms with Crippen molar-refractivity contribution in [2.24, 2.45) is 5.41 Å². The van der Waals surface area contributed by atoms with E-state index in [9.17, 15) is 4.79 Å². The normalized spacial score (nSPS) is 34.1. The van der Waals surface area contributed by atoms with E-state index >= 15 is 0 Å². The van der Waals surface area contributed by atoms with E-state index in [1.807, 2.05) is 18.7 Å². The molecular weight excluding hydrogens is 204 g/mol. The second-order valence-corrected chi connectivity index (χ2v) is 5.82. The van der Waals surface area contributed by atoms with Crippen LogP contribution in [0.2, 0.25) is 0 Å². The molecule has 1 unspecified atom stereocenters. The summed E-state index contributed by atoms with van der Waals surface area (Å²) in [5.41, 5.74) is -0.399. The molecular formula is C12H22N2O2. The van der Waals surface area contributed by atoms with Crippen molar-refractivity contribution in [1.82, 2.24) is 10.2 Å². The average Bonchev–Trinajstić information content (AvgIpc) is 2.64. The quantitative estimate of drug-likeness (QED) is 0.713. The van der Waals surface area contributed by atoms with E-state index in [0.29, 0.717) is 13.2 Å². The van der Waals surface area contributed by atoms with Gasteiger partial charge in [-0.3, -0.25) is 4.79 Å². The minimum absolute atomic E-state index is 0.198. The van der Waals surface area contributed by atoms with Crippen LogP contribution in [0.4, 0.5) is 0 Å². The summed E-state index contributed by atoms with van der Waals surface area (Å²) >= 11 is 0. The molecule has 2 rings (SSSR count). The van der Waals surface area contributed by atoms with Gasteiger partial charge in [-0.1, -0.05) is 0 Å². The van der Waals surface area contributed by atoms with Crippen LogP contribution in [0.15, 0.2) is 0 Å². The fourth-order valence-electron chi connectivity index (χ4n) is 2.57. The van der Waals surface area contributed by atoms with E-state index in [0.717, 1.165) is 26.1 Å². The molecule has 92 valence electrons. The maximum Gasteiger partial charge on any atom is 0.230 e. The largest absolute Gasteiger partial charge is 0.372 e. The van der Waals surface area contributed by atoms with Crippen LogP contribution in [0.25, 0.3) is 0 Å². The molecule has 0 spiro atoms. The van der Waals surface area contributed by atoms with E-state index in [-0.39, 0.29) is 16.9 Å². The van der Waals surface area contributed by atoms with Crippen molar-refractivity contribution < 1.29 is 9.53 Å². The van der Waals surface area contributed by atoms with Gasteiger partial charge in [0.2, 0.25) is 5.91 Å². The minimum Gasteiger partial charge on any atom is -0.372 e. The highest BCUT2D eigenvalue weighted by atomic mass is 16.5. The van der Waals surface area contributed by atoms with Crippen LogP contribution in [-0.2, 0) is 9.53 Å². The highest BCUT2D eigenvalue weighted by molar-refractivity contribution is 5.83. The summed E-state index contributed by atoms with van der Waals surface area (Å²) in [7, 11) is 0. The molecule has 2 saturated heterocycles. The molecule has 4 nitrogen and oxygen atoms in total. The molecule has 16 heavy (non-hydrogen) atoms.